The van der Waals surface area contributed by atoms with Crippen LogP contribution in [0.4, 0.5) is 0 Å². The zero-order valence-corrected chi connectivity index (χ0v) is 24.3. The van der Waals surface area contributed by atoms with Crippen molar-refractivity contribution in [3.63, 3.8) is 0 Å². The highest BCUT2D eigenvalue weighted by atomic mass is 32.2. The number of hydroxylamine groups is 2. The molecule has 2 aliphatic heterocycles. The third-order valence-corrected chi connectivity index (χ3v) is 11.7. The van der Waals surface area contributed by atoms with Gasteiger partial charge in [0.05, 0.1) is 13.7 Å². The summed E-state index contributed by atoms with van der Waals surface area (Å²) in [6, 6.07) is 4.37. The number of carbonyl (C=O) groups is 1. The Morgan fingerprint density at radius 2 is 1.68 bits per heavy atom. The average Bonchev–Trinajstić information content (AvgIpc) is 3.15. The van der Waals surface area contributed by atoms with Crippen LogP contribution in [0.1, 0.15) is 56.1 Å². The van der Waals surface area contributed by atoms with E-state index < -0.39 is 9.52 Å². The fourth-order valence-corrected chi connectivity index (χ4v) is 9.64. The second-order valence-electron chi connectivity index (χ2n) is 11.4. The molecule has 3 fully saturated rings. The molecule has 1 saturated carbocycles. The van der Waals surface area contributed by atoms with Gasteiger partial charge in [0.25, 0.3) is 0 Å². The predicted octanol–water partition coefficient (Wildman–Crippen LogP) is 3.35. The van der Waals surface area contributed by atoms with Gasteiger partial charge in [0.15, 0.2) is 0 Å². The number of benzene rings is 1. The van der Waals surface area contributed by atoms with Crippen molar-refractivity contribution in [2.24, 2.45) is 5.92 Å². The molecule has 3 atom stereocenters. The van der Waals surface area contributed by atoms with Gasteiger partial charge in [0.2, 0.25) is 5.91 Å². The molecular weight excluding hydrogens is 502 g/mol. The Bertz CT molecular complexity index is 1030. The number of aryl methyl sites for hydroxylation is 2. The number of nitrogens with zero attached hydrogens (tertiary/aromatic N) is 3. The van der Waals surface area contributed by atoms with Crippen LogP contribution >= 0.6 is 0 Å². The number of ether oxygens (including phenoxy) is 2. The standard InChI is InChI=1S/C29H47N3O5S/c1-22-18-26(36-3)19-23(2)29(22)38(4,35)27-9-6-5-8-24(27)20-37-21-28(33)31-13-7-12-30(16-17-31)25-10-14-32(34)15-11-25/h18-19,24-25,27,34H,4-17,20-21H2,1-3H3. The lowest BCUT2D eigenvalue weighted by Gasteiger charge is -2.36. The van der Waals surface area contributed by atoms with Crippen LogP contribution in [0.2, 0.25) is 0 Å². The molecule has 0 spiro atoms. The Hall–Kier alpha value is -1.65. The highest BCUT2D eigenvalue weighted by Crippen LogP contribution is 2.37. The van der Waals surface area contributed by atoms with Gasteiger partial charge in [0.1, 0.15) is 12.4 Å². The molecule has 0 aromatic heterocycles. The van der Waals surface area contributed by atoms with Gasteiger partial charge < -0.3 is 19.6 Å². The number of piperidine rings is 1. The van der Waals surface area contributed by atoms with E-state index in [4.69, 9.17) is 9.47 Å². The predicted molar refractivity (Wildman–Crippen MR) is 152 cm³/mol. The molecule has 4 rings (SSSR count). The van der Waals surface area contributed by atoms with E-state index in [-0.39, 0.29) is 23.7 Å². The van der Waals surface area contributed by atoms with Gasteiger partial charge in [-0.1, -0.05) is 12.8 Å². The number of rotatable bonds is 8. The highest BCUT2D eigenvalue weighted by Gasteiger charge is 2.35. The van der Waals surface area contributed by atoms with Gasteiger partial charge in [0, 0.05) is 55.5 Å². The molecular formula is C29H47N3O5S. The molecule has 8 nitrogen and oxygen atoms in total. The molecule has 1 aromatic rings. The average molecular weight is 550 g/mol. The van der Waals surface area contributed by atoms with Crippen LogP contribution < -0.4 is 4.74 Å². The number of amides is 1. The first-order valence-corrected chi connectivity index (χ1v) is 16.0. The first kappa shape index (κ1) is 29.3. The van der Waals surface area contributed by atoms with Crippen LogP contribution in [0.5, 0.6) is 5.75 Å². The van der Waals surface area contributed by atoms with E-state index in [1.165, 1.54) is 5.06 Å². The minimum absolute atomic E-state index is 0.0431. The summed E-state index contributed by atoms with van der Waals surface area (Å²) in [5, 5.41) is 11.0. The molecule has 9 heteroatoms. The maximum absolute atomic E-state index is 14.3. The third kappa shape index (κ3) is 6.91. The topological polar surface area (TPSA) is 82.6 Å². The van der Waals surface area contributed by atoms with Crippen molar-refractivity contribution in [2.75, 3.05) is 59.6 Å². The van der Waals surface area contributed by atoms with Crippen LogP contribution in [-0.2, 0) is 19.1 Å². The van der Waals surface area contributed by atoms with Gasteiger partial charge in [-0.05, 0) is 90.5 Å². The van der Waals surface area contributed by atoms with Crippen LogP contribution in [-0.4, -0.2) is 107 Å². The molecule has 1 aliphatic carbocycles. The van der Waals surface area contributed by atoms with Gasteiger partial charge in [-0.2, -0.15) is 5.06 Å². The van der Waals surface area contributed by atoms with Crippen molar-refractivity contribution in [1.82, 2.24) is 14.9 Å². The van der Waals surface area contributed by atoms with Crippen molar-refractivity contribution < 1.29 is 23.7 Å². The molecule has 0 radical (unpaired) electrons. The summed E-state index contributed by atoms with van der Waals surface area (Å²) in [5.41, 5.74) is 1.92. The summed E-state index contributed by atoms with van der Waals surface area (Å²) in [5.74, 6) is 5.24. The Morgan fingerprint density at radius 3 is 2.37 bits per heavy atom. The second kappa shape index (κ2) is 13.1. The lowest BCUT2D eigenvalue weighted by Crippen LogP contribution is -2.45. The molecule has 1 aromatic carbocycles. The quantitative estimate of drug-likeness (QED) is 0.498. The molecule has 1 amide bonds. The summed E-state index contributed by atoms with van der Waals surface area (Å²) in [6.45, 7) is 9.27. The second-order valence-corrected chi connectivity index (χ2v) is 13.8. The molecule has 38 heavy (non-hydrogen) atoms. The Kier molecular flexibility index (Phi) is 10.1. The molecule has 2 heterocycles. The monoisotopic (exact) mass is 549 g/mol. The SMILES string of the molecule is C=S(=O)(c1c(C)cc(OC)cc1C)C1CCCCC1COCC(=O)N1CCCN(C2CCN(O)CC2)CC1. The van der Waals surface area contributed by atoms with E-state index in [1.807, 2.05) is 30.9 Å². The zero-order chi connectivity index (χ0) is 27.3. The van der Waals surface area contributed by atoms with Crippen molar-refractivity contribution in [3.05, 3.63) is 23.3 Å². The number of hydrogen-bond acceptors (Lipinski definition) is 7. The number of methoxy groups -OCH3 is 1. The van der Waals surface area contributed by atoms with Gasteiger partial charge in [-0.25, -0.2) is 0 Å². The summed E-state index contributed by atoms with van der Waals surface area (Å²) in [4.78, 5) is 18.3. The molecule has 2 saturated heterocycles. The first-order chi connectivity index (χ1) is 18.2. The normalized spacial score (nSPS) is 26.1. The molecule has 0 bridgehead atoms. The van der Waals surface area contributed by atoms with Gasteiger partial charge in [-0.3, -0.25) is 13.9 Å². The van der Waals surface area contributed by atoms with E-state index in [9.17, 15) is 14.2 Å². The smallest absolute Gasteiger partial charge is 0.248 e. The van der Waals surface area contributed by atoms with Gasteiger partial charge >= 0.3 is 0 Å². The van der Waals surface area contributed by atoms with Gasteiger partial charge in [-0.15, -0.1) is 0 Å². The summed E-state index contributed by atoms with van der Waals surface area (Å²) < 4.78 is 25.7. The van der Waals surface area contributed by atoms with Crippen LogP contribution in [0, 0.1) is 19.8 Å². The maximum Gasteiger partial charge on any atom is 0.248 e. The Morgan fingerprint density at radius 1 is 1.00 bits per heavy atom. The van der Waals surface area contributed by atoms with E-state index in [1.54, 1.807) is 7.11 Å². The van der Waals surface area contributed by atoms with E-state index in [0.29, 0.717) is 12.6 Å². The number of hydrogen-bond donors (Lipinski definition) is 1. The van der Waals surface area contributed by atoms with Crippen molar-refractivity contribution in [2.45, 2.75) is 75.0 Å². The van der Waals surface area contributed by atoms with E-state index >= 15 is 0 Å². The van der Waals surface area contributed by atoms with Crippen LogP contribution in [0.25, 0.3) is 0 Å². The van der Waals surface area contributed by atoms with Crippen molar-refractivity contribution >= 4 is 21.3 Å². The summed E-state index contributed by atoms with van der Waals surface area (Å²) >= 11 is 0. The maximum atomic E-state index is 14.3. The Balaban J connectivity index is 1.32. The fraction of sp³-hybridized carbons (Fsp3) is 0.724. The van der Waals surface area contributed by atoms with Crippen LogP contribution in [0.3, 0.4) is 0 Å². The molecule has 3 unspecified atom stereocenters. The minimum atomic E-state index is -2.55. The lowest BCUT2D eigenvalue weighted by atomic mass is 9.89. The zero-order valence-electron chi connectivity index (χ0n) is 23.5. The molecule has 1 N–H and O–H groups in total. The lowest BCUT2D eigenvalue weighted by molar-refractivity contribution is -0.136. The summed E-state index contributed by atoms with van der Waals surface area (Å²) in [7, 11) is -0.902. The highest BCUT2D eigenvalue weighted by molar-refractivity contribution is 8.01. The molecule has 3 aliphatic rings. The van der Waals surface area contributed by atoms with Crippen LogP contribution in [0.15, 0.2) is 17.0 Å². The Labute approximate surface area is 229 Å². The van der Waals surface area contributed by atoms with E-state index in [2.05, 4.69) is 10.8 Å². The largest absolute Gasteiger partial charge is 0.497 e. The number of carbonyl (C=O) groups excluding carboxylic acids is 1. The van der Waals surface area contributed by atoms with E-state index in [0.717, 1.165) is 106 Å². The van der Waals surface area contributed by atoms with Crippen molar-refractivity contribution in [1.29, 1.82) is 0 Å². The minimum Gasteiger partial charge on any atom is -0.497 e. The fourth-order valence-electron chi connectivity index (χ4n) is 6.75. The van der Waals surface area contributed by atoms with Crippen molar-refractivity contribution in [3.8, 4) is 5.75 Å². The molecule has 214 valence electrons. The third-order valence-electron chi connectivity index (χ3n) is 8.74. The first-order valence-electron chi connectivity index (χ1n) is 14.3. The summed E-state index contributed by atoms with van der Waals surface area (Å²) in [6.07, 6.45) is 6.85.